The highest BCUT2D eigenvalue weighted by molar-refractivity contribution is 7.99. The van der Waals surface area contributed by atoms with E-state index < -0.39 is 18.0 Å². The summed E-state index contributed by atoms with van der Waals surface area (Å²) in [6.07, 6.45) is 2.06. The van der Waals surface area contributed by atoms with Crippen LogP contribution in [0.5, 0.6) is 0 Å². The first kappa shape index (κ1) is 23.9. The maximum Gasteiger partial charge on any atom is 0.311 e. The zero-order chi connectivity index (χ0) is 22.9. The average Bonchev–Trinajstić information content (AvgIpc) is 3.21. The van der Waals surface area contributed by atoms with E-state index in [9.17, 15) is 9.59 Å². The molecule has 0 aliphatic rings. The Balaban J connectivity index is 1.56. The van der Waals surface area contributed by atoms with Gasteiger partial charge in [-0.2, -0.15) is 11.8 Å². The highest BCUT2D eigenvalue weighted by atomic mass is 35.5. The van der Waals surface area contributed by atoms with E-state index in [1.165, 1.54) is 6.26 Å². The molecule has 0 saturated carbocycles. The maximum absolute atomic E-state index is 12.5. The number of nitrogens with zero attached hydrogens (tertiary/aromatic N) is 1. The molecule has 0 bridgehead atoms. The molecule has 8 heteroatoms. The monoisotopic (exact) mass is 473 g/mol. The fourth-order valence-electron chi connectivity index (χ4n) is 3.16. The summed E-state index contributed by atoms with van der Waals surface area (Å²) >= 11 is 7.81. The zero-order valence-corrected chi connectivity index (χ0v) is 19.2. The second-order valence-corrected chi connectivity index (χ2v) is 8.85. The number of benzene rings is 2. The summed E-state index contributed by atoms with van der Waals surface area (Å²) in [6, 6.07) is 15.2. The number of carbonyl (C=O) groups is 2. The van der Waals surface area contributed by atoms with Crippen molar-refractivity contribution in [1.29, 1.82) is 0 Å². The number of carboxylic acids is 1. The third-order valence-corrected chi connectivity index (χ3v) is 6.18. The van der Waals surface area contributed by atoms with Gasteiger partial charge in [0.25, 0.3) is 0 Å². The lowest BCUT2D eigenvalue weighted by Crippen LogP contribution is -2.12. The van der Waals surface area contributed by atoms with Gasteiger partial charge >= 0.3 is 11.9 Å². The molecule has 2 aromatic carbocycles. The van der Waals surface area contributed by atoms with Crippen molar-refractivity contribution in [2.24, 2.45) is 0 Å². The molecule has 1 heterocycles. The highest BCUT2D eigenvalue weighted by Crippen LogP contribution is 2.27. The van der Waals surface area contributed by atoms with Gasteiger partial charge in [-0.1, -0.05) is 59.2 Å². The molecule has 1 aromatic heterocycles. The molecule has 0 unspecified atom stereocenters. The molecular formula is C24H24ClNO5S. The number of esters is 1. The first-order valence-electron chi connectivity index (χ1n) is 10.2. The van der Waals surface area contributed by atoms with E-state index in [-0.39, 0.29) is 12.8 Å². The molecule has 168 valence electrons. The predicted molar refractivity (Wildman–Crippen MR) is 125 cm³/mol. The minimum Gasteiger partial charge on any atom is -0.481 e. The number of aliphatic carboxylic acids is 1. The lowest BCUT2D eigenvalue weighted by Gasteiger charge is -2.14. The van der Waals surface area contributed by atoms with Crippen LogP contribution in [0.2, 0.25) is 5.02 Å². The fraction of sp³-hybridized carbons (Fsp3) is 0.292. The highest BCUT2D eigenvalue weighted by Gasteiger charge is 2.18. The topological polar surface area (TPSA) is 89.6 Å². The number of carbonyl (C=O) groups excluding carboxylic acids is 1. The van der Waals surface area contributed by atoms with E-state index in [4.69, 9.17) is 26.0 Å². The Labute approximate surface area is 195 Å². The largest absolute Gasteiger partial charge is 0.481 e. The fourth-order valence-corrected chi connectivity index (χ4v) is 4.36. The quantitative estimate of drug-likeness (QED) is 0.286. The van der Waals surface area contributed by atoms with Crippen molar-refractivity contribution in [2.75, 3.05) is 11.5 Å². The minimum atomic E-state index is -0.771. The molecule has 1 N–H and O–H groups in total. The second kappa shape index (κ2) is 11.7. The van der Waals surface area contributed by atoms with Crippen molar-refractivity contribution in [3.05, 3.63) is 76.5 Å². The van der Waals surface area contributed by atoms with Crippen LogP contribution in [0.15, 0.2) is 59.3 Å². The Morgan fingerprint density at radius 2 is 1.91 bits per heavy atom. The summed E-state index contributed by atoms with van der Waals surface area (Å²) in [4.78, 5) is 23.0. The normalized spacial score (nSPS) is 11.8. The molecule has 0 aliphatic carbocycles. The Kier molecular flexibility index (Phi) is 8.76. The molecule has 3 aromatic rings. The Hall–Kier alpha value is -2.77. The van der Waals surface area contributed by atoms with Gasteiger partial charge in [0, 0.05) is 27.5 Å². The van der Waals surface area contributed by atoms with Crippen LogP contribution in [0.25, 0.3) is 11.3 Å². The van der Waals surface area contributed by atoms with E-state index in [1.807, 2.05) is 42.5 Å². The van der Waals surface area contributed by atoms with E-state index in [0.29, 0.717) is 22.0 Å². The number of thioether (sulfide) groups is 1. The van der Waals surface area contributed by atoms with E-state index >= 15 is 0 Å². The molecule has 0 amide bonds. The number of hydrogen-bond donors (Lipinski definition) is 1. The Bertz CT molecular complexity index is 1050. The summed E-state index contributed by atoms with van der Waals surface area (Å²) in [7, 11) is 0. The average molecular weight is 474 g/mol. The molecule has 0 fully saturated rings. The van der Waals surface area contributed by atoms with Crippen LogP contribution >= 0.6 is 23.4 Å². The lowest BCUT2D eigenvalue weighted by atomic mass is 10.0. The molecule has 1 atom stereocenters. The second-order valence-electron chi connectivity index (χ2n) is 7.22. The summed E-state index contributed by atoms with van der Waals surface area (Å²) in [5.41, 5.74) is 4.01. The first-order chi connectivity index (χ1) is 15.4. The van der Waals surface area contributed by atoms with Crippen molar-refractivity contribution in [1.82, 2.24) is 5.16 Å². The number of rotatable bonds is 11. The van der Waals surface area contributed by atoms with Crippen LogP contribution < -0.4 is 0 Å². The van der Waals surface area contributed by atoms with Gasteiger partial charge in [-0.3, -0.25) is 9.59 Å². The van der Waals surface area contributed by atoms with Crippen molar-refractivity contribution < 1.29 is 24.0 Å². The lowest BCUT2D eigenvalue weighted by molar-refractivity contribution is -0.147. The van der Waals surface area contributed by atoms with Gasteiger partial charge in [-0.05, 0) is 30.7 Å². The minimum absolute atomic E-state index is 0.0373. The van der Waals surface area contributed by atoms with Crippen LogP contribution in [0, 0.1) is 0 Å². The first-order valence-corrected chi connectivity index (χ1v) is 11.7. The van der Waals surface area contributed by atoms with Crippen molar-refractivity contribution in [3.63, 3.8) is 0 Å². The molecule has 32 heavy (non-hydrogen) atoms. The number of halogens is 1. The summed E-state index contributed by atoms with van der Waals surface area (Å²) < 4.78 is 10.7. The predicted octanol–water partition coefficient (Wildman–Crippen LogP) is 5.59. The molecule has 0 saturated heterocycles. The third kappa shape index (κ3) is 6.87. The van der Waals surface area contributed by atoms with E-state index in [2.05, 4.69) is 5.16 Å². The van der Waals surface area contributed by atoms with E-state index in [1.54, 1.807) is 24.8 Å². The van der Waals surface area contributed by atoms with Crippen molar-refractivity contribution in [3.8, 4) is 11.3 Å². The molecule has 0 spiro atoms. The van der Waals surface area contributed by atoms with Gasteiger partial charge in [0.15, 0.2) is 0 Å². The standard InChI is InChI=1S/C24H24ClNO5S/c1-16(20-4-2-3-5-21(20)25)31-23(29)14-19-15-30-26-24(19)18-8-6-17(7-9-18)10-12-32-13-11-22(27)28/h2-9,15-16H,10-14H2,1H3,(H,27,28)/t16-/m1/s1. The summed E-state index contributed by atoms with van der Waals surface area (Å²) in [5.74, 6) is 0.308. The van der Waals surface area contributed by atoms with Crippen LogP contribution in [-0.2, 0) is 27.2 Å². The molecular weight excluding hydrogens is 450 g/mol. The van der Waals surface area contributed by atoms with Crippen LogP contribution in [-0.4, -0.2) is 33.7 Å². The van der Waals surface area contributed by atoms with E-state index in [0.717, 1.165) is 28.9 Å². The summed E-state index contributed by atoms with van der Waals surface area (Å²) in [5, 5.41) is 13.3. The zero-order valence-electron chi connectivity index (χ0n) is 17.6. The van der Waals surface area contributed by atoms with Gasteiger partial charge < -0.3 is 14.4 Å². The van der Waals surface area contributed by atoms with Gasteiger partial charge in [-0.25, -0.2) is 0 Å². The molecule has 0 aliphatic heterocycles. The van der Waals surface area contributed by atoms with Crippen molar-refractivity contribution >= 4 is 35.3 Å². The molecule has 0 radical (unpaired) electrons. The Morgan fingerprint density at radius 1 is 1.16 bits per heavy atom. The van der Waals surface area contributed by atoms with Gasteiger partial charge in [-0.15, -0.1) is 0 Å². The third-order valence-electron chi connectivity index (χ3n) is 4.85. The number of hydrogen-bond acceptors (Lipinski definition) is 6. The summed E-state index contributed by atoms with van der Waals surface area (Å²) in [6.45, 7) is 1.78. The van der Waals surface area contributed by atoms with Crippen molar-refractivity contribution in [2.45, 2.75) is 32.3 Å². The van der Waals surface area contributed by atoms with Crippen LogP contribution in [0.1, 0.15) is 36.1 Å². The Morgan fingerprint density at radius 3 is 2.62 bits per heavy atom. The number of aromatic nitrogens is 1. The number of carboxylic acid groups (broad SMARTS) is 1. The number of ether oxygens (including phenoxy) is 1. The van der Waals surface area contributed by atoms with Crippen LogP contribution in [0.3, 0.4) is 0 Å². The molecule has 6 nitrogen and oxygen atoms in total. The van der Waals surface area contributed by atoms with Crippen LogP contribution in [0.4, 0.5) is 0 Å². The van der Waals surface area contributed by atoms with Gasteiger partial charge in [0.05, 0.1) is 12.8 Å². The van der Waals surface area contributed by atoms with Gasteiger partial charge in [0.1, 0.15) is 18.1 Å². The SMILES string of the molecule is C[C@@H](OC(=O)Cc1conc1-c1ccc(CCSCCC(=O)O)cc1)c1ccccc1Cl. The number of aryl methyl sites for hydroxylation is 1. The smallest absolute Gasteiger partial charge is 0.311 e. The van der Waals surface area contributed by atoms with Gasteiger partial charge in [0.2, 0.25) is 0 Å². The molecule has 3 rings (SSSR count). The maximum atomic E-state index is 12.5.